The summed E-state index contributed by atoms with van der Waals surface area (Å²) in [7, 11) is 0. The molecule has 18 heavy (non-hydrogen) atoms. The number of thiophene rings is 1. The fourth-order valence-electron chi connectivity index (χ4n) is 1.74. The number of anilines is 1. The van der Waals surface area contributed by atoms with Crippen LogP contribution in [0.25, 0.3) is 23.1 Å². The summed E-state index contributed by atoms with van der Waals surface area (Å²) < 4.78 is 0. The normalized spacial score (nSPS) is 11.3. The van der Waals surface area contributed by atoms with Gasteiger partial charge in [0.05, 0.1) is 5.52 Å². The van der Waals surface area contributed by atoms with Crippen LogP contribution in [0.2, 0.25) is 0 Å². The topological polar surface area (TPSA) is 51.8 Å². The molecule has 0 aliphatic heterocycles. The molecule has 1 aromatic carbocycles. The molecule has 0 saturated carbocycles. The zero-order valence-electron chi connectivity index (χ0n) is 9.58. The van der Waals surface area contributed by atoms with Gasteiger partial charge in [0, 0.05) is 10.3 Å². The lowest BCUT2D eigenvalue weighted by Gasteiger charge is -2.01. The summed E-state index contributed by atoms with van der Waals surface area (Å²) in [5.41, 5.74) is 6.79. The maximum Gasteiger partial charge on any atom is 0.154 e. The van der Waals surface area contributed by atoms with Crippen molar-refractivity contribution in [1.29, 1.82) is 0 Å². The van der Waals surface area contributed by atoms with E-state index in [2.05, 4.69) is 9.97 Å². The van der Waals surface area contributed by atoms with Crippen LogP contribution in [0.4, 0.5) is 5.82 Å². The van der Waals surface area contributed by atoms with Crippen LogP contribution in [0.5, 0.6) is 0 Å². The lowest BCUT2D eigenvalue weighted by Crippen LogP contribution is -1.96. The molecule has 0 saturated heterocycles. The molecule has 3 rings (SSSR count). The Morgan fingerprint density at radius 1 is 1.00 bits per heavy atom. The molecule has 0 aliphatic carbocycles. The molecule has 0 atom stereocenters. The maximum absolute atomic E-state index is 5.92. The van der Waals surface area contributed by atoms with Crippen molar-refractivity contribution in [3.63, 3.8) is 0 Å². The Morgan fingerprint density at radius 2 is 1.89 bits per heavy atom. The second kappa shape index (κ2) is 4.58. The van der Waals surface area contributed by atoms with E-state index < -0.39 is 0 Å². The van der Waals surface area contributed by atoms with Crippen molar-refractivity contribution < 1.29 is 0 Å². The summed E-state index contributed by atoms with van der Waals surface area (Å²) in [4.78, 5) is 9.92. The summed E-state index contributed by atoms with van der Waals surface area (Å²) in [5, 5.41) is 2.93. The van der Waals surface area contributed by atoms with Crippen LogP contribution in [0.15, 0.2) is 41.8 Å². The highest BCUT2D eigenvalue weighted by molar-refractivity contribution is 7.10. The second-order valence-corrected chi connectivity index (χ2v) is 4.81. The van der Waals surface area contributed by atoms with E-state index in [0.717, 1.165) is 10.9 Å². The first kappa shape index (κ1) is 10.9. The van der Waals surface area contributed by atoms with Crippen LogP contribution in [-0.2, 0) is 0 Å². The third-order valence-corrected chi connectivity index (χ3v) is 3.43. The third-order valence-electron chi connectivity index (χ3n) is 2.59. The summed E-state index contributed by atoms with van der Waals surface area (Å²) in [6, 6.07) is 11.8. The summed E-state index contributed by atoms with van der Waals surface area (Å²) in [5.74, 6) is 1.16. The van der Waals surface area contributed by atoms with E-state index in [1.165, 1.54) is 4.88 Å². The number of nitrogen functional groups attached to an aromatic ring is 1. The molecule has 4 heteroatoms. The second-order valence-electron chi connectivity index (χ2n) is 3.83. The van der Waals surface area contributed by atoms with Crippen molar-refractivity contribution in [2.45, 2.75) is 0 Å². The van der Waals surface area contributed by atoms with Crippen molar-refractivity contribution >= 4 is 40.2 Å². The average Bonchev–Trinajstić information content (AvgIpc) is 2.90. The standard InChI is InChI=1S/C14H11N3S/c15-14-11-5-1-2-6-12(11)16-13(17-14)8-7-10-4-3-9-18-10/h1-9H,(H2,15,16,17). The minimum absolute atomic E-state index is 0.520. The molecule has 3 nitrogen and oxygen atoms in total. The first-order chi connectivity index (χ1) is 8.83. The van der Waals surface area contributed by atoms with Crippen LogP contribution in [0.1, 0.15) is 10.7 Å². The molecular formula is C14H11N3S. The Bertz CT molecular complexity index is 702. The Morgan fingerprint density at radius 3 is 2.72 bits per heavy atom. The highest BCUT2D eigenvalue weighted by atomic mass is 32.1. The Hall–Kier alpha value is -2.20. The lowest BCUT2D eigenvalue weighted by atomic mass is 10.2. The Balaban J connectivity index is 2.03. The highest BCUT2D eigenvalue weighted by Crippen LogP contribution is 2.18. The Kier molecular flexibility index (Phi) is 2.78. The molecule has 2 N–H and O–H groups in total. The first-order valence-electron chi connectivity index (χ1n) is 5.57. The SMILES string of the molecule is Nc1nc(C=Cc2cccs2)nc2ccccc12. The molecule has 0 spiro atoms. The average molecular weight is 253 g/mol. The molecule has 0 fully saturated rings. The molecule has 88 valence electrons. The van der Waals surface area contributed by atoms with E-state index in [4.69, 9.17) is 5.73 Å². The fourth-order valence-corrected chi connectivity index (χ4v) is 2.36. The van der Waals surface area contributed by atoms with Gasteiger partial charge < -0.3 is 5.73 Å². The predicted octanol–water partition coefficient (Wildman–Crippen LogP) is 3.44. The zero-order chi connectivity index (χ0) is 12.4. The number of fused-ring (bicyclic) bond motifs is 1. The molecule has 0 radical (unpaired) electrons. The van der Waals surface area contributed by atoms with Gasteiger partial charge in [0.15, 0.2) is 5.82 Å². The van der Waals surface area contributed by atoms with E-state index in [9.17, 15) is 0 Å². The number of nitrogens with zero attached hydrogens (tertiary/aromatic N) is 2. The number of nitrogens with two attached hydrogens (primary N) is 1. The van der Waals surface area contributed by atoms with E-state index in [0.29, 0.717) is 11.6 Å². The van der Waals surface area contributed by atoms with Gasteiger partial charge >= 0.3 is 0 Å². The van der Waals surface area contributed by atoms with Crippen molar-refractivity contribution in [2.75, 3.05) is 5.73 Å². The van der Waals surface area contributed by atoms with Crippen molar-refractivity contribution in [2.24, 2.45) is 0 Å². The van der Waals surface area contributed by atoms with Gasteiger partial charge in [-0.1, -0.05) is 18.2 Å². The largest absolute Gasteiger partial charge is 0.383 e. The van der Waals surface area contributed by atoms with Gasteiger partial charge in [0.2, 0.25) is 0 Å². The highest BCUT2D eigenvalue weighted by Gasteiger charge is 2.01. The smallest absolute Gasteiger partial charge is 0.154 e. The zero-order valence-corrected chi connectivity index (χ0v) is 10.4. The molecule has 0 amide bonds. The Labute approximate surface area is 109 Å². The van der Waals surface area contributed by atoms with Crippen molar-refractivity contribution in [3.8, 4) is 0 Å². The fraction of sp³-hybridized carbons (Fsp3) is 0. The van der Waals surface area contributed by atoms with Crippen LogP contribution in [0.3, 0.4) is 0 Å². The van der Waals surface area contributed by atoms with Crippen LogP contribution in [-0.4, -0.2) is 9.97 Å². The third kappa shape index (κ3) is 2.10. The van der Waals surface area contributed by atoms with E-state index in [1.54, 1.807) is 11.3 Å². The monoisotopic (exact) mass is 253 g/mol. The van der Waals surface area contributed by atoms with Gasteiger partial charge in [-0.3, -0.25) is 0 Å². The lowest BCUT2D eigenvalue weighted by molar-refractivity contribution is 1.19. The van der Waals surface area contributed by atoms with Crippen LogP contribution >= 0.6 is 11.3 Å². The minimum atomic E-state index is 0.520. The molecule has 0 unspecified atom stereocenters. The number of rotatable bonds is 2. The molecule has 0 aliphatic rings. The van der Waals surface area contributed by atoms with Crippen LogP contribution in [0, 0.1) is 0 Å². The number of hydrogen-bond acceptors (Lipinski definition) is 4. The predicted molar refractivity (Wildman–Crippen MR) is 77.2 cm³/mol. The van der Waals surface area contributed by atoms with Gasteiger partial charge in [-0.15, -0.1) is 11.3 Å². The van der Waals surface area contributed by atoms with E-state index in [-0.39, 0.29) is 0 Å². The van der Waals surface area contributed by atoms with Crippen molar-refractivity contribution in [3.05, 3.63) is 52.5 Å². The van der Waals surface area contributed by atoms with Crippen molar-refractivity contribution in [1.82, 2.24) is 9.97 Å². The maximum atomic E-state index is 5.92. The summed E-state index contributed by atoms with van der Waals surface area (Å²) in [6.45, 7) is 0. The molecular weight excluding hydrogens is 242 g/mol. The summed E-state index contributed by atoms with van der Waals surface area (Å²) in [6.07, 6.45) is 3.88. The van der Waals surface area contributed by atoms with E-state index >= 15 is 0 Å². The number of aromatic nitrogens is 2. The number of hydrogen-bond donors (Lipinski definition) is 1. The molecule has 0 bridgehead atoms. The number of para-hydroxylation sites is 1. The molecule has 2 aromatic heterocycles. The minimum Gasteiger partial charge on any atom is -0.383 e. The van der Waals surface area contributed by atoms with Gasteiger partial charge in [0.1, 0.15) is 5.82 Å². The molecule has 2 heterocycles. The van der Waals surface area contributed by atoms with Crippen LogP contribution < -0.4 is 5.73 Å². The number of benzene rings is 1. The quantitative estimate of drug-likeness (QED) is 0.761. The van der Waals surface area contributed by atoms with E-state index in [1.807, 2.05) is 53.9 Å². The summed E-state index contributed by atoms with van der Waals surface area (Å²) >= 11 is 1.68. The van der Waals surface area contributed by atoms with Gasteiger partial charge in [0.25, 0.3) is 0 Å². The van der Waals surface area contributed by atoms with Gasteiger partial charge in [-0.25, -0.2) is 9.97 Å². The first-order valence-corrected chi connectivity index (χ1v) is 6.45. The van der Waals surface area contributed by atoms with Gasteiger partial charge in [-0.05, 0) is 35.7 Å². The molecule has 3 aromatic rings. The van der Waals surface area contributed by atoms with Gasteiger partial charge in [-0.2, -0.15) is 0 Å².